The molecule has 1 heterocycles. The SMILES string of the molecule is CCCCCOC(=O)CCN1C(=O)/C(=C/c2ccc(C)cc2)SC1=S. The molecule has 134 valence electrons. The molecule has 0 atom stereocenters. The molecule has 0 radical (unpaired) electrons. The van der Waals surface area contributed by atoms with E-state index >= 15 is 0 Å². The number of unbranched alkanes of at least 4 members (excludes halogenated alkanes) is 2. The first kappa shape index (κ1) is 19.7. The van der Waals surface area contributed by atoms with E-state index in [2.05, 4.69) is 6.92 Å². The van der Waals surface area contributed by atoms with Crippen molar-refractivity contribution in [1.29, 1.82) is 0 Å². The maximum atomic E-state index is 12.5. The van der Waals surface area contributed by atoms with E-state index in [0.29, 0.717) is 15.8 Å². The van der Waals surface area contributed by atoms with Crippen LogP contribution in [0.4, 0.5) is 0 Å². The quantitative estimate of drug-likeness (QED) is 0.292. The third-order valence-electron chi connectivity index (χ3n) is 3.80. The molecule has 1 aliphatic rings. The lowest BCUT2D eigenvalue weighted by Gasteiger charge is -2.13. The predicted octanol–water partition coefficient (Wildman–Crippen LogP) is 4.32. The van der Waals surface area contributed by atoms with Crippen LogP contribution in [-0.4, -0.2) is 34.2 Å². The monoisotopic (exact) mass is 377 g/mol. The molecule has 0 aromatic heterocycles. The smallest absolute Gasteiger partial charge is 0.307 e. The zero-order chi connectivity index (χ0) is 18.2. The Bertz CT molecular complexity index is 668. The fourth-order valence-corrected chi connectivity index (χ4v) is 3.63. The number of aryl methyl sites for hydroxylation is 1. The van der Waals surface area contributed by atoms with E-state index in [1.165, 1.54) is 22.2 Å². The third-order valence-corrected chi connectivity index (χ3v) is 5.18. The minimum Gasteiger partial charge on any atom is -0.466 e. The molecule has 1 fully saturated rings. The van der Waals surface area contributed by atoms with E-state index in [4.69, 9.17) is 17.0 Å². The summed E-state index contributed by atoms with van der Waals surface area (Å²) >= 11 is 6.55. The first-order valence-corrected chi connectivity index (χ1v) is 9.71. The number of hydrogen-bond acceptors (Lipinski definition) is 5. The van der Waals surface area contributed by atoms with Crippen LogP contribution >= 0.6 is 24.0 Å². The van der Waals surface area contributed by atoms with Gasteiger partial charge in [0.2, 0.25) is 0 Å². The van der Waals surface area contributed by atoms with Crippen LogP contribution in [0.3, 0.4) is 0 Å². The molecule has 0 spiro atoms. The normalized spacial score (nSPS) is 15.9. The standard InChI is InChI=1S/C19H23NO3S2/c1-3-4-5-12-23-17(21)10-11-20-18(22)16(25-19(20)24)13-15-8-6-14(2)7-9-15/h6-9,13H,3-5,10-12H2,1-2H3/b16-13-. The summed E-state index contributed by atoms with van der Waals surface area (Å²) in [5, 5.41) is 0. The summed E-state index contributed by atoms with van der Waals surface area (Å²) in [4.78, 5) is 26.3. The van der Waals surface area contributed by atoms with Crippen LogP contribution in [0.5, 0.6) is 0 Å². The fourth-order valence-electron chi connectivity index (χ4n) is 2.32. The van der Waals surface area contributed by atoms with Gasteiger partial charge < -0.3 is 4.74 Å². The largest absolute Gasteiger partial charge is 0.466 e. The molecule has 4 nitrogen and oxygen atoms in total. The Morgan fingerprint density at radius 1 is 1.28 bits per heavy atom. The zero-order valence-corrected chi connectivity index (χ0v) is 16.3. The number of ether oxygens (including phenoxy) is 1. The highest BCUT2D eigenvalue weighted by Crippen LogP contribution is 2.32. The average Bonchev–Trinajstić information content (AvgIpc) is 2.85. The molecule has 25 heavy (non-hydrogen) atoms. The molecular weight excluding hydrogens is 354 g/mol. The van der Waals surface area contributed by atoms with Crippen molar-refractivity contribution >= 4 is 46.3 Å². The second kappa shape index (κ2) is 9.73. The number of thioether (sulfide) groups is 1. The minimum absolute atomic E-state index is 0.144. The molecule has 0 saturated carbocycles. The van der Waals surface area contributed by atoms with Crippen molar-refractivity contribution in [3.63, 3.8) is 0 Å². The summed E-state index contributed by atoms with van der Waals surface area (Å²) in [7, 11) is 0. The van der Waals surface area contributed by atoms with Crippen LogP contribution in [0, 0.1) is 6.92 Å². The lowest BCUT2D eigenvalue weighted by Crippen LogP contribution is -2.30. The molecule has 2 rings (SSSR count). The van der Waals surface area contributed by atoms with Crippen LogP contribution in [0.15, 0.2) is 29.2 Å². The van der Waals surface area contributed by atoms with Crippen molar-refractivity contribution in [2.24, 2.45) is 0 Å². The summed E-state index contributed by atoms with van der Waals surface area (Å²) < 4.78 is 5.65. The topological polar surface area (TPSA) is 46.6 Å². The summed E-state index contributed by atoms with van der Waals surface area (Å²) in [5.74, 6) is -0.429. The number of carbonyl (C=O) groups excluding carboxylic acids is 2. The molecule has 0 bridgehead atoms. The lowest BCUT2D eigenvalue weighted by molar-refractivity contribution is -0.144. The van der Waals surface area contributed by atoms with Gasteiger partial charge in [-0.3, -0.25) is 14.5 Å². The lowest BCUT2D eigenvalue weighted by atomic mass is 10.1. The third kappa shape index (κ3) is 5.97. The number of thiocarbonyl (C=S) groups is 1. The van der Waals surface area contributed by atoms with Gasteiger partial charge in [-0.15, -0.1) is 0 Å². The molecule has 0 N–H and O–H groups in total. The highest BCUT2D eigenvalue weighted by Gasteiger charge is 2.32. The Morgan fingerprint density at radius 2 is 2.00 bits per heavy atom. The molecule has 1 saturated heterocycles. The fraction of sp³-hybridized carbons (Fsp3) is 0.421. The van der Waals surface area contributed by atoms with Gasteiger partial charge in [-0.05, 0) is 25.0 Å². The Balaban J connectivity index is 1.88. The average molecular weight is 378 g/mol. The van der Waals surface area contributed by atoms with Crippen molar-refractivity contribution in [2.45, 2.75) is 39.5 Å². The number of hydrogen-bond donors (Lipinski definition) is 0. The Morgan fingerprint density at radius 3 is 2.68 bits per heavy atom. The number of carbonyl (C=O) groups is 2. The Hall–Kier alpha value is -1.66. The van der Waals surface area contributed by atoms with Crippen molar-refractivity contribution in [3.8, 4) is 0 Å². The van der Waals surface area contributed by atoms with Gasteiger partial charge in [-0.1, -0.05) is 73.6 Å². The molecular formula is C19H23NO3S2. The first-order chi connectivity index (χ1) is 12.0. The van der Waals surface area contributed by atoms with Crippen LogP contribution in [0.1, 0.15) is 43.7 Å². The Kier molecular flexibility index (Phi) is 7.65. The van der Waals surface area contributed by atoms with E-state index in [0.717, 1.165) is 24.8 Å². The van der Waals surface area contributed by atoms with Crippen LogP contribution in [0.2, 0.25) is 0 Å². The molecule has 1 aliphatic heterocycles. The molecule has 0 unspecified atom stereocenters. The molecule has 0 aliphatic carbocycles. The maximum Gasteiger partial charge on any atom is 0.307 e. The Labute approximate surface area is 158 Å². The van der Waals surface area contributed by atoms with E-state index in [1.807, 2.05) is 37.3 Å². The minimum atomic E-state index is -0.285. The van der Waals surface area contributed by atoms with Gasteiger partial charge >= 0.3 is 5.97 Å². The van der Waals surface area contributed by atoms with Gasteiger partial charge in [0, 0.05) is 6.54 Å². The second-order valence-corrected chi connectivity index (χ2v) is 7.60. The molecule has 1 amide bonds. The van der Waals surface area contributed by atoms with Gasteiger partial charge in [-0.25, -0.2) is 0 Å². The highest BCUT2D eigenvalue weighted by molar-refractivity contribution is 8.26. The van der Waals surface area contributed by atoms with Gasteiger partial charge in [0.1, 0.15) is 4.32 Å². The number of nitrogens with zero attached hydrogens (tertiary/aromatic N) is 1. The van der Waals surface area contributed by atoms with Crippen LogP contribution < -0.4 is 0 Å². The van der Waals surface area contributed by atoms with Crippen LogP contribution in [0.25, 0.3) is 6.08 Å². The van der Waals surface area contributed by atoms with Gasteiger partial charge in [0.05, 0.1) is 17.9 Å². The van der Waals surface area contributed by atoms with Crippen molar-refractivity contribution < 1.29 is 14.3 Å². The maximum absolute atomic E-state index is 12.5. The summed E-state index contributed by atoms with van der Waals surface area (Å²) in [5.41, 5.74) is 2.13. The summed E-state index contributed by atoms with van der Waals surface area (Å²) in [6, 6.07) is 7.94. The number of benzene rings is 1. The van der Waals surface area contributed by atoms with Crippen molar-refractivity contribution in [2.75, 3.05) is 13.2 Å². The summed E-state index contributed by atoms with van der Waals surface area (Å²) in [6.45, 7) is 4.83. The van der Waals surface area contributed by atoms with Crippen LogP contribution in [-0.2, 0) is 14.3 Å². The van der Waals surface area contributed by atoms with E-state index in [1.54, 1.807) is 0 Å². The molecule has 6 heteroatoms. The first-order valence-electron chi connectivity index (χ1n) is 8.49. The zero-order valence-electron chi connectivity index (χ0n) is 14.6. The summed E-state index contributed by atoms with van der Waals surface area (Å²) in [6.07, 6.45) is 5.01. The second-order valence-electron chi connectivity index (χ2n) is 5.92. The van der Waals surface area contributed by atoms with E-state index < -0.39 is 0 Å². The predicted molar refractivity (Wildman–Crippen MR) is 106 cm³/mol. The number of amides is 1. The highest BCUT2D eigenvalue weighted by atomic mass is 32.2. The van der Waals surface area contributed by atoms with Gasteiger partial charge in [-0.2, -0.15) is 0 Å². The van der Waals surface area contributed by atoms with E-state index in [-0.39, 0.29) is 24.8 Å². The number of esters is 1. The van der Waals surface area contributed by atoms with Crippen molar-refractivity contribution in [1.82, 2.24) is 4.90 Å². The molecule has 1 aromatic carbocycles. The van der Waals surface area contributed by atoms with Crippen molar-refractivity contribution in [3.05, 3.63) is 40.3 Å². The van der Waals surface area contributed by atoms with Gasteiger partial charge in [0.25, 0.3) is 5.91 Å². The van der Waals surface area contributed by atoms with E-state index in [9.17, 15) is 9.59 Å². The van der Waals surface area contributed by atoms with Gasteiger partial charge in [0.15, 0.2) is 0 Å². The number of rotatable bonds is 8. The molecule has 1 aromatic rings.